The molecule has 0 bridgehead atoms. The molecule has 2 aromatic rings. The summed E-state index contributed by atoms with van der Waals surface area (Å²) in [6.45, 7) is 0.771. The van der Waals surface area contributed by atoms with Gasteiger partial charge in [-0.05, 0) is 56.7 Å². The van der Waals surface area contributed by atoms with Gasteiger partial charge in [-0.1, -0.05) is 0 Å². The predicted octanol–water partition coefficient (Wildman–Crippen LogP) is 2.67. The van der Waals surface area contributed by atoms with Crippen molar-refractivity contribution in [1.82, 2.24) is 9.55 Å². The molecule has 19 heavy (non-hydrogen) atoms. The molecule has 0 aliphatic heterocycles. The molecule has 1 saturated carbocycles. The number of aromatic nitrogens is 2. The van der Waals surface area contributed by atoms with Crippen molar-refractivity contribution in [1.29, 1.82) is 0 Å². The van der Waals surface area contributed by atoms with Crippen LogP contribution >= 0.6 is 31.9 Å². The average molecular weight is 385 g/mol. The van der Waals surface area contributed by atoms with Crippen molar-refractivity contribution in [3.05, 3.63) is 25.1 Å². The number of fused-ring (bicyclic) bond motifs is 1. The van der Waals surface area contributed by atoms with Crippen LogP contribution in [0.25, 0.3) is 11.0 Å². The van der Waals surface area contributed by atoms with Gasteiger partial charge in [-0.25, -0.2) is 4.98 Å². The summed E-state index contributed by atoms with van der Waals surface area (Å²) in [5, 5.41) is 11.2. The predicted molar refractivity (Wildman–Crippen MR) is 79.9 cm³/mol. The van der Waals surface area contributed by atoms with Gasteiger partial charge >= 0.3 is 5.69 Å². The lowest BCUT2D eigenvalue weighted by Crippen LogP contribution is -2.19. The minimum absolute atomic E-state index is 0.0504. The van der Waals surface area contributed by atoms with Gasteiger partial charge in [-0.2, -0.15) is 0 Å². The topological polar surface area (TPSA) is 61.0 Å². The summed E-state index contributed by atoms with van der Waals surface area (Å²) in [6, 6.07) is 1.82. The summed E-state index contributed by atoms with van der Waals surface area (Å²) < 4.78 is 2.88. The largest absolute Gasteiger partial charge is 0.337 e. The molecule has 0 N–H and O–H groups in total. The van der Waals surface area contributed by atoms with E-state index in [1.165, 1.54) is 12.8 Å². The normalized spacial score (nSPS) is 15.1. The Morgan fingerprint density at radius 3 is 2.79 bits per heavy atom. The number of nitro benzene ring substituents is 1. The summed E-state index contributed by atoms with van der Waals surface area (Å²) in [7, 11) is 5.90. The first-order valence-electron chi connectivity index (χ1n) is 5.77. The molecule has 5 nitrogen and oxygen atoms in total. The highest BCUT2D eigenvalue weighted by Gasteiger charge is 2.27. The van der Waals surface area contributed by atoms with E-state index in [2.05, 4.69) is 36.8 Å². The maximum absolute atomic E-state index is 11.2. The highest BCUT2D eigenvalue weighted by atomic mass is 79.9. The lowest BCUT2D eigenvalue weighted by Gasteiger charge is -2.06. The molecular weight excluding hydrogens is 377 g/mol. The third kappa shape index (κ3) is 2.20. The highest BCUT2D eigenvalue weighted by Crippen LogP contribution is 2.39. The Labute approximate surface area is 127 Å². The molecule has 1 heterocycles. The van der Waals surface area contributed by atoms with Crippen LogP contribution < -0.4 is 5.72 Å². The zero-order valence-electron chi connectivity index (χ0n) is 9.77. The van der Waals surface area contributed by atoms with Gasteiger partial charge in [0.15, 0.2) is 13.4 Å². The fourth-order valence-electron chi connectivity index (χ4n) is 2.12. The van der Waals surface area contributed by atoms with E-state index in [-0.39, 0.29) is 5.69 Å². The zero-order chi connectivity index (χ0) is 13.7. The van der Waals surface area contributed by atoms with Crippen molar-refractivity contribution in [2.75, 3.05) is 0 Å². The molecule has 0 saturated heterocycles. The molecule has 8 heteroatoms. The van der Waals surface area contributed by atoms with E-state index in [4.69, 9.17) is 7.85 Å². The van der Waals surface area contributed by atoms with Gasteiger partial charge in [0.1, 0.15) is 4.47 Å². The smallest absolute Gasteiger partial charge is 0.312 e. The second kappa shape index (κ2) is 4.59. The molecule has 0 spiro atoms. The van der Waals surface area contributed by atoms with Crippen molar-refractivity contribution in [3.63, 3.8) is 0 Å². The van der Waals surface area contributed by atoms with E-state index in [0.29, 0.717) is 31.6 Å². The van der Waals surface area contributed by atoms with Crippen LogP contribution in [0.2, 0.25) is 0 Å². The molecule has 2 radical (unpaired) electrons. The molecule has 0 amide bonds. The molecule has 1 fully saturated rings. The fraction of sp³-hybridized carbons (Fsp3) is 0.364. The lowest BCUT2D eigenvalue weighted by atomic mass is 10.1. The maximum atomic E-state index is 11.2. The van der Waals surface area contributed by atoms with Crippen molar-refractivity contribution in [2.45, 2.75) is 19.4 Å². The Morgan fingerprint density at radius 1 is 1.53 bits per heavy atom. The third-order valence-electron chi connectivity index (χ3n) is 3.26. The number of halogens is 2. The van der Waals surface area contributed by atoms with Crippen LogP contribution in [0, 0.1) is 16.0 Å². The van der Waals surface area contributed by atoms with Crippen LogP contribution in [0.15, 0.2) is 15.0 Å². The number of hydrogen-bond acceptors (Lipinski definition) is 3. The van der Waals surface area contributed by atoms with Crippen molar-refractivity contribution >= 4 is 62.2 Å². The molecule has 3 rings (SSSR count). The molecular formula is C11H8BBr2N3O2. The van der Waals surface area contributed by atoms with Crippen LogP contribution in [0.4, 0.5) is 5.69 Å². The van der Waals surface area contributed by atoms with Gasteiger partial charge in [-0.3, -0.25) is 10.1 Å². The Balaban J connectivity index is 2.29. The SMILES string of the molecule is [B]c1nc2c([N+](=O)[O-])c(Br)c(Br)cc2n1CC1CC1. The number of imidazole rings is 1. The molecule has 1 aliphatic rings. The average Bonchev–Trinajstić information content (AvgIpc) is 3.09. The van der Waals surface area contributed by atoms with Crippen LogP contribution in [0.5, 0.6) is 0 Å². The van der Waals surface area contributed by atoms with Gasteiger partial charge in [-0.15, -0.1) is 0 Å². The first-order valence-corrected chi connectivity index (χ1v) is 7.35. The lowest BCUT2D eigenvalue weighted by molar-refractivity contribution is -0.384. The summed E-state index contributed by atoms with van der Waals surface area (Å²) in [5.74, 6) is 0.612. The van der Waals surface area contributed by atoms with Crippen LogP contribution in [0.3, 0.4) is 0 Å². The van der Waals surface area contributed by atoms with Gasteiger partial charge < -0.3 is 4.57 Å². The van der Waals surface area contributed by atoms with E-state index < -0.39 is 4.92 Å². The van der Waals surface area contributed by atoms with E-state index in [9.17, 15) is 10.1 Å². The summed E-state index contributed by atoms with van der Waals surface area (Å²) >= 11 is 6.55. The number of hydrogen-bond donors (Lipinski definition) is 0. The molecule has 1 aromatic heterocycles. The Bertz CT molecular complexity index is 697. The van der Waals surface area contributed by atoms with E-state index in [1.54, 1.807) is 0 Å². The Kier molecular flexibility index (Phi) is 3.17. The minimum atomic E-state index is -0.439. The molecule has 1 aromatic carbocycles. The second-order valence-electron chi connectivity index (χ2n) is 4.67. The number of nitro groups is 1. The van der Waals surface area contributed by atoms with Gasteiger partial charge in [0.2, 0.25) is 0 Å². The summed E-state index contributed by atoms with van der Waals surface area (Å²) in [6.07, 6.45) is 2.36. The Morgan fingerprint density at radius 2 is 2.21 bits per heavy atom. The molecule has 1 aliphatic carbocycles. The van der Waals surface area contributed by atoms with Crippen molar-refractivity contribution < 1.29 is 4.92 Å². The molecule has 96 valence electrons. The number of rotatable bonds is 3. The van der Waals surface area contributed by atoms with Crippen LogP contribution in [0.1, 0.15) is 12.8 Å². The van der Waals surface area contributed by atoms with Crippen LogP contribution in [-0.2, 0) is 6.54 Å². The van der Waals surface area contributed by atoms with Gasteiger partial charge in [0.05, 0.1) is 16.2 Å². The minimum Gasteiger partial charge on any atom is -0.337 e. The molecule has 0 unspecified atom stereocenters. The highest BCUT2D eigenvalue weighted by molar-refractivity contribution is 9.13. The third-order valence-corrected chi connectivity index (χ3v) is 5.22. The standard InChI is InChI=1S/C11H8BBr2N3O2/c12-11-15-9-7(16(11)4-5-1-2-5)3-6(13)8(14)10(9)17(18)19/h3,5H,1-2,4H2. The van der Waals surface area contributed by atoms with E-state index in [1.807, 2.05) is 10.6 Å². The first-order chi connectivity index (χ1) is 8.99. The fourth-order valence-corrected chi connectivity index (χ4v) is 2.97. The number of benzene rings is 1. The second-order valence-corrected chi connectivity index (χ2v) is 6.32. The summed E-state index contributed by atoms with van der Waals surface area (Å²) in [4.78, 5) is 14.9. The van der Waals surface area contributed by atoms with Crippen molar-refractivity contribution in [2.24, 2.45) is 5.92 Å². The Hall–Kier alpha value is -0.885. The quantitative estimate of drug-likeness (QED) is 0.464. The zero-order valence-corrected chi connectivity index (χ0v) is 12.9. The monoisotopic (exact) mass is 383 g/mol. The van der Waals surface area contributed by atoms with E-state index in [0.717, 1.165) is 6.54 Å². The van der Waals surface area contributed by atoms with Crippen LogP contribution in [-0.4, -0.2) is 22.3 Å². The molecule has 0 atom stereocenters. The van der Waals surface area contributed by atoms with Gasteiger partial charge in [0.25, 0.3) is 0 Å². The number of nitrogens with zero attached hydrogens (tertiary/aromatic N) is 3. The van der Waals surface area contributed by atoms with Crippen molar-refractivity contribution in [3.8, 4) is 0 Å². The van der Waals surface area contributed by atoms with E-state index >= 15 is 0 Å². The maximum Gasteiger partial charge on any atom is 0.312 e. The first kappa shape index (κ1) is 13.1. The summed E-state index contributed by atoms with van der Waals surface area (Å²) in [5.41, 5.74) is 1.31. The van der Waals surface area contributed by atoms with Gasteiger partial charge in [0, 0.05) is 11.0 Å².